The first-order valence-corrected chi connectivity index (χ1v) is 15.5. The Labute approximate surface area is 214 Å². The van der Waals surface area contributed by atoms with Crippen LogP contribution < -0.4 is 9.47 Å². The summed E-state index contributed by atoms with van der Waals surface area (Å²) in [6, 6.07) is 13.1. The third-order valence-electron chi connectivity index (χ3n) is 8.38. The summed E-state index contributed by atoms with van der Waals surface area (Å²) in [5.41, 5.74) is 1.56. The molecule has 2 aliphatic heterocycles. The van der Waals surface area contributed by atoms with E-state index in [1.54, 1.807) is 19.3 Å². The zero-order valence-corrected chi connectivity index (χ0v) is 23.0. The third-order valence-corrected chi connectivity index (χ3v) is 12.9. The van der Waals surface area contributed by atoms with E-state index in [2.05, 4.69) is 33.9 Å². The van der Waals surface area contributed by atoms with Crippen LogP contribution in [0.4, 0.5) is 0 Å². The zero-order chi connectivity index (χ0) is 25.9. The number of ketones is 1. The molecule has 1 aliphatic carbocycles. The van der Waals surface area contributed by atoms with Crippen LogP contribution in [0.3, 0.4) is 0 Å². The Morgan fingerprint density at radius 1 is 1.08 bits per heavy atom. The van der Waals surface area contributed by atoms with Gasteiger partial charge in [0, 0.05) is 12.1 Å². The number of benzene rings is 2. The molecule has 2 aromatic carbocycles. The summed E-state index contributed by atoms with van der Waals surface area (Å²) in [6.07, 6.45) is 4.28. The van der Waals surface area contributed by atoms with Gasteiger partial charge in [-0.1, -0.05) is 51.1 Å². The zero-order valence-electron chi connectivity index (χ0n) is 22.0. The molecule has 0 N–H and O–H groups in total. The summed E-state index contributed by atoms with van der Waals surface area (Å²) in [5, 5.41) is 0.00472. The number of ether oxygens (including phenoxy) is 2. The number of carbonyl (C=O) groups excluding carboxylic acids is 2. The predicted octanol–water partition coefficient (Wildman–Crippen LogP) is 5.49. The molecule has 2 aromatic rings. The number of rotatable bonds is 6. The van der Waals surface area contributed by atoms with Gasteiger partial charge >= 0.3 is 0 Å². The van der Waals surface area contributed by atoms with Gasteiger partial charge in [-0.25, -0.2) is 0 Å². The number of amides is 1. The van der Waals surface area contributed by atoms with Gasteiger partial charge in [0.1, 0.15) is 6.61 Å². The van der Waals surface area contributed by atoms with Crippen molar-refractivity contribution in [2.45, 2.75) is 69.5 Å². The highest BCUT2D eigenvalue weighted by Crippen LogP contribution is 2.53. The van der Waals surface area contributed by atoms with Gasteiger partial charge in [0.25, 0.3) is 5.91 Å². The van der Waals surface area contributed by atoms with E-state index in [4.69, 9.17) is 13.9 Å². The van der Waals surface area contributed by atoms with Gasteiger partial charge in [0.2, 0.25) is 0 Å². The minimum absolute atomic E-state index is 0.00452. The van der Waals surface area contributed by atoms with Gasteiger partial charge in [-0.3, -0.25) is 9.59 Å². The van der Waals surface area contributed by atoms with Gasteiger partial charge in [-0.05, 0) is 60.0 Å². The maximum Gasteiger partial charge on any atom is 0.254 e. The van der Waals surface area contributed by atoms with Crippen LogP contribution in [-0.2, 0) is 15.8 Å². The van der Waals surface area contributed by atoms with Crippen molar-refractivity contribution in [3.05, 3.63) is 71.3 Å². The molecule has 0 unspecified atom stereocenters. The van der Waals surface area contributed by atoms with Gasteiger partial charge < -0.3 is 18.8 Å². The summed E-state index contributed by atoms with van der Waals surface area (Å²) in [7, 11) is -0.605. The average Bonchev–Trinajstić information content (AvgIpc) is 3.20. The first-order chi connectivity index (χ1) is 17.0. The molecule has 0 spiro atoms. The second-order valence-electron chi connectivity index (χ2n) is 11.6. The lowest BCUT2D eigenvalue weighted by Gasteiger charge is -2.50. The maximum absolute atomic E-state index is 13.8. The van der Waals surface area contributed by atoms with Gasteiger partial charge in [0.05, 0.1) is 24.7 Å². The fourth-order valence-electron chi connectivity index (χ4n) is 5.48. The van der Waals surface area contributed by atoms with E-state index in [9.17, 15) is 9.59 Å². The highest BCUT2D eigenvalue weighted by Gasteiger charge is 2.61. The van der Waals surface area contributed by atoms with Crippen molar-refractivity contribution in [2.24, 2.45) is 0 Å². The largest absolute Gasteiger partial charge is 0.493 e. The lowest BCUT2D eigenvalue weighted by atomic mass is 9.71. The number of fused-ring (bicyclic) bond motifs is 2. The van der Waals surface area contributed by atoms with E-state index in [0.717, 1.165) is 5.56 Å². The van der Waals surface area contributed by atoms with Gasteiger partial charge in [0.15, 0.2) is 25.6 Å². The molecular formula is C29H35NO5Si. The van der Waals surface area contributed by atoms with Crippen molar-refractivity contribution in [1.29, 1.82) is 0 Å². The Bertz CT molecular complexity index is 1230. The molecule has 190 valence electrons. The standard InChI is InChI=1S/C29H35NO5Si/c1-28(2,3)36(5,6)35-29-13-12-22(31)25-20-16-23(33-4)24(34-18-19-10-8-7-9-11-19)17-21(20)27(32)30(15-14-29)26(25)29/h7-13,16-17,25-26H,14-15,18H2,1-6H3/t25-,26-,29+/m1/s1. The van der Waals surface area contributed by atoms with Crippen molar-refractivity contribution >= 4 is 20.0 Å². The molecule has 36 heavy (non-hydrogen) atoms. The van der Waals surface area contributed by atoms with Crippen LogP contribution in [0.15, 0.2) is 54.6 Å². The lowest BCUT2D eigenvalue weighted by Crippen LogP contribution is -2.61. The number of methoxy groups -OCH3 is 1. The Kier molecular flexibility index (Phi) is 5.91. The number of hydrogen-bond donors (Lipinski definition) is 0. The molecule has 1 fully saturated rings. The number of hydrogen-bond acceptors (Lipinski definition) is 5. The molecule has 0 radical (unpaired) electrons. The van der Waals surface area contributed by atoms with Crippen molar-refractivity contribution in [3.63, 3.8) is 0 Å². The van der Waals surface area contributed by atoms with E-state index in [1.165, 1.54) is 0 Å². The van der Waals surface area contributed by atoms with E-state index in [0.29, 0.717) is 42.2 Å². The molecule has 2 heterocycles. The fourth-order valence-corrected chi connectivity index (χ4v) is 7.02. The second-order valence-corrected chi connectivity index (χ2v) is 16.3. The van der Waals surface area contributed by atoms with E-state index < -0.39 is 19.8 Å². The first kappa shape index (κ1) is 24.8. The molecule has 0 bridgehead atoms. The van der Waals surface area contributed by atoms with Crippen LogP contribution in [0.1, 0.15) is 54.6 Å². The van der Waals surface area contributed by atoms with E-state index in [-0.39, 0.29) is 22.8 Å². The number of carbonyl (C=O) groups is 2. The highest BCUT2D eigenvalue weighted by molar-refractivity contribution is 6.74. The topological polar surface area (TPSA) is 65.1 Å². The maximum atomic E-state index is 13.8. The normalized spacial score (nSPS) is 25.0. The summed E-state index contributed by atoms with van der Waals surface area (Å²) in [5.74, 6) is 0.431. The van der Waals surface area contributed by atoms with Gasteiger partial charge in [-0.15, -0.1) is 0 Å². The molecule has 0 saturated carbocycles. The van der Waals surface area contributed by atoms with Crippen LogP contribution in [0.25, 0.3) is 0 Å². The summed E-state index contributed by atoms with van der Waals surface area (Å²) >= 11 is 0. The molecule has 1 amide bonds. The Balaban J connectivity index is 1.55. The van der Waals surface area contributed by atoms with Crippen LogP contribution in [0.5, 0.6) is 11.5 Å². The Morgan fingerprint density at radius 3 is 2.47 bits per heavy atom. The third kappa shape index (κ3) is 3.89. The molecule has 6 nitrogen and oxygen atoms in total. The van der Waals surface area contributed by atoms with E-state index in [1.807, 2.05) is 47.4 Å². The van der Waals surface area contributed by atoms with Crippen molar-refractivity contribution in [3.8, 4) is 11.5 Å². The summed E-state index contributed by atoms with van der Waals surface area (Å²) in [4.78, 5) is 29.0. The number of nitrogens with zero attached hydrogens (tertiary/aromatic N) is 1. The molecule has 0 aromatic heterocycles. The minimum Gasteiger partial charge on any atom is -0.493 e. The average molecular weight is 506 g/mol. The Hall–Kier alpha value is -2.90. The van der Waals surface area contributed by atoms with E-state index >= 15 is 0 Å². The van der Waals surface area contributed by atoms with Crippen molar-refractivity contribution in [1.82, 2.24) is 4.90 Å². The van der Waals surface area contributed by atoms with Crippen molar-refractivity contribution < 1.29 is 23.5 Å². The van der Waals surface area contributed by atoms with Crippen LogP contribution >= 0.6 is 0 Å². The smallest absolute Gasteiger partial charge is 0.254 e. The monoisotopic (exact) mass is 505 g/mol. The fraction of sp³-hybridized carbons (Fsp3) is 0.448. The van der Waals surface area contributed by atoms with Gasteiger partial charge in [-0.2, -0.15) is 0 Å². The summed E-state index contributed by atoms with van der Waals surface area (Å²) in [6.45, 7) is 12.0. The van der Waals surface area contributed by atoms with Crippen LogP contribution in [-0.4, -0.2) is 50.2 Å². The molecule has 3 aliphatic rings. The minimum atomic E-state index is -2.19. The highest BCUT2D eigenvalue weighted by atomic mass is 28.4. The first-order valence-electron chi connectivity index (χ1n) is 12.6. The quantitative estimate of drug-likeness (QED) is 0.486. The van der Waals surface area contributed by atoms with Crippen molar-refractivity contribution in [2.75, 3.05) is 13.7 Å². The molecule has 7 heteroatoms. The second kappa shape index (κ2) is 8.59. The summed E-state index contributed by atoms with van der Waals surface area (Å²) < 4.78 is 18.8. The Morgan fingerprint density at radius 2 is 1.81 bits per heavy atom. The number of allylic oxidation sites excluding steroid dienone is 1. The molecular weight excluding hydrogens is 470 g/mol. The SMILES string of the molecule is COc1cc2c(cc1OCc1ccccc1)C(=O)N1CC[C@@]3(O[Si](C)(C)C(C)(C)C)C=CC(=O)[C@@H]2[C@@H]13. The molecule has 1 saturated heterocycles. The molecule has 5 rings (SSSR count). The van der Waals surface area contributed by atoms with Crippen LogP contribution in [0, 0.1) is 0 Å². The predicted molar refractivity (Wildman–Crippen MR) is 141 cm³/mol. The molecule has 3 atom stereocenters. The lowest BCUT2D eigenvalue weighted by molar-refractivity contribution is -0.119. The van der Waals surface area contributed by atoms with Crippen LogP contribution in [0.2, 0.25) is 18.1 Å².